The van der Waals surface area contributed by atoms with Gasteiger partial charge in [0.05, 0.1) is 18.8 Å². The van der Waals surface area contributed by atoms with Gasteiger partial charge in [-0.25, -0.2) is 0 Å². The maximum atomic E-state index is 5.20. The molecule has 0 spiro atoms. The third-order valence-corrected chi connectivity index (χ3v) is 2.69. The number of methoxy groups -OCH3 is 1. The summed E-state index contributed by atoms with van der Waals surface area (Å²) in [4.78, 5) is 0. The molecule has 1 atom stereocenters. The van der Waals surface area contributed by atoms with E-state index in [0.29, 0.717) is 6.04 Å². The Hall–Kier alpha value is -1.03. The fraction of sp³-hybridized carbons (Fsp3) is 0.700. The van der Waals surface area contributed by atoms with Gasteiger partial charge in [-0.3, -0.25) is 4.68 Å². The van der Waals surface area contributed by atoms with E-state index in [4.69, 9.17) is 4.74 Å². The Balaban J connectivity index is 1.96. The summed E-state index contributed by atoms with van der Waals surface area (Å²) in [5, 5.41) is 7.59. The van der Waals surface area contributed by atoms with E-state index >= 15 is 0 Å². The molecule has 1 heterocycles. The van der Waals surface area contributed by atoms with E-state index in [2.05, 4.69) is 10.4 Å². The maximum Gasteiger partial charge on any atom is 0.124 e. The van der Waals surface area contributed by atoms with Crippen LogP contribution in [0.2, 0.25) is 0 Å². The molecular weight excluding hydrogens is 178 g/mol. The number of aromatic nitrogens is 2. The van der Waals surface area contributed by atoms with Crippen LogP contribution in [-0.4, -0.2) is 29.5 Å². The zero-order valence-corrected chi connectivity index (χ0v) is 8.73. The molecule has 1 aromatic heterocycles. The number of hydrogen-bond donors (Lipinski definition) is 1. The fourth-order valence-electron chi connectivity index (χ4n) is 1.68. The van der Waals surface area contributed by atoms with Crippen molar-refractivity contribution < 1.29 is 4.74 Å². The van der Waals surface area contributed by atoms with Gasteiger partial charge in [0.2, 0.25) is 0 Å². The van der Waals surface area contributed by atoms with Crippen LogP contribution in [0.5, 0.6) is 0 Å². The lowest BCUT2D eigenvalue weighted by Gasteiger charge is -2.18. The van der Waals surface area contributed by atoms with Gasteiger partial charge in [-0.2, -0.15) is 5.10 Å². The Morgan fingerprint density at radius 3 is 3.00 bits per heavy atom. The minimum atomic E-state index is 0.440. The minimum Gasteiger partial charge on any atom is -0.383 e. The molecule has 1 aliphatic rings. The lowest BCUT2D eigenvalue weighted by molar-refractivity contribution is 0.179. The molecule has 4 nitrogen and oxygen atoms in total. The van der Waals surface area contributed by atoms with Gasteiger partial charge in [-0.15, -0.1) is 0 Å². The lowest BCUT2D eigenvalue weighted by Crippen LogP contribution is -2.28. The van der Waals surface area contributed by atoms with Crippen molar-refractivity contribution in [2.45, 2.75) is 18.9 Å². The highest BCUT2D eigenvalue weighted by molar-refractivity contribution is 5.35. The zero-order valence-electron chi connectivity index (χ0n) is 8.73. The fourth-order valence-corrected chi connectivity index (χ4v) is 1.68. The Labute approximate surface area is 84.3 Å². The second-order valence-corrected chi connectivity index (χ2v) is 3.88. The predicted octanol–water partition coefficient (Wildman–Crippen LogP) is 1.26. The van der Waals surface area contributed by atoms with E-state index in [0.717, 1.165) is 18.3 Å². The van der Waals surface area contributed by atoms with Crippen LogP contribution in [0.15, 0.2) is 12.3 Å². The molecule has 0 saturated heterocycles. The normalized spacial score (nSPS) is 18.1. The van der Waals surface area contributed by atoms with E-state index in [1.165, 1.54) is 12.8 Å². The summed E-state index contributed by atoms with van der Waals surface area (Å²) in [6.07, 6.45) is 4.44. The number of hydrogen-bond acceptors (Lipinski definition) is 3. The van der Waals surface area contributed by atoms with Gasteiger partial charge >= 0.3 is 0 Å². The van der Waals surface area contributed by atoms with Crippen molar-refractivity contribution in [1.82, 2.24) is 9.78 Å². The number of rotatable bonds is 5. The van der Waals surface area contributed by atoms with Crippen LogP contribution >= 0.6 is 0 Å². The molecule has 0 aliphatic heterocycles. The minimum absolute atomic E-state index is 0.440. The topological polar surface area (TPSA) is 39.1 Å². The van der Waals surface area contributed by atoms with Gasteiger partial charge in [0.15, 0.2) is 0 Å². The second kappa shape index (κ2) is 4.00. The molecule has 0 radical (unpaired) electrons. The van der Waals surface area contributed by atoms with Crippen LogP contribution in [0.25, 0.3) is 0 Å². The summed E-state index contributed by atoms with van der Waals surface area (Å²) in [6.45, 7) is 0.774. The van der Waals surface area contributed by atoms with Crippen LogP contribution < -0.4 is 5.32 Å². The first-order valence-electron chi connectivity index (χ1n) is 5.04. The van der Waals surface area contributed by atoms with Crippen molar-refractivity contribution in [2.24, 2.45) is 13.0 Å². The molecule has 4 heteroatoms. The summed E-state index contributed by atoms with van der Waals surface area (Å²) >= 11 is 0. The lowest BCUT2D eigenvalue weighted by atomic mass is 10.2. The van der Waals surface area contributed by atoms with Crippen molar-refractivity contribution >= 4 is 5.82 Å². The summed E-state index contributed by atoms with van der Waals surface area (Å²) in [5.74, 6) is 1.85. The third-order valence-electron chi connectivity index (χ3n) is 2.69. The molecular formula is C10H17N3O. The van der Waals surface area contributed by atoms with Crippen LogP contribution in [0.3, 0.4) is 0 Å². The molecule has 1 N–H and O–H groups in total. The summed E-state index contributed by atoms with van der Waals surface area (Å²) in [5.41, 5.74) is 0. The Bertz CT molecular complexity index is 293. The predicted molar refractivity (Wildman–Crippen MR) is 55.2 cm³/mol. The van der Waals surface area contributed by atoms with Crippen molar-refractivity contribution in [1.29, 1.82) is 0 Å². The Morgan fingerprint density at radius 1 is 1.71 bits per heavy atom. The first-order chi connectivity index (χ1) is 6.81. The van der Waals surface area contributed by atoms with E-state index in [9.17, 15) is 0 Å². The highest BCUT2D eigenvalue weighted by atomic mass is 16.5. The summed E-state index contributed by atoms with van der Waals surface area (Å²) in [7, 11) is 3.69. The second-order valence-electron chi connectivity index (χ2n) is 3.88. The van der Waals surface area contributed by atoms with Crippen LogP contribution in [-0.2, 0) is 11.8 Å². The zero-order chi connectivity index (χ0) is 9.97. The van der Waals surface area contributed by atoms with Gasteiger partial charge in [-0.1, -0.05) is 0 Å². The summed E-state index contributed by atoms with van der Waals surface area (Å²) < 4.78 is 7.05. The highest BCUT2D eigenvalue weighted by Crippen LogP contribution is 2.34. The highest BCUT2D eigenvalue weighted by Gasteiger charge is 2.31. The first kappa shape index (κ1) is 9.52. The molecule has 1 aliphatic carbocycles. The van der Waals surface area contributed by atoms with Crippen molar-refractivity contribution in [3.8, 4) is 0 Å². The first-order valence-corrected chi connectivity index (χ1v) is 5.04. The molecule has 1 fully saturated rings. The molecule has 78 valence electrons. The van der Waals surface area contributed by atoms with E-state index < -0.39 is 0 Å². The Morgan fingerprint density at radius 2 is 2.50 bits per heavy atom. The quantitative estimate of drug-likeness (QED) is 0.768. The Kier molecular flexibility index (Phi) is 2.72. The third kappa shape index (κ3) is 2.07. The molecule has 0 bridgehead atoms. The van der Waals surface area contributed by atoms with Crippen molar-refractivity contribution in [3.05, 3.63) is 12.3 Å². The molecule has 14 heavy (non-hydrogen) atoms. The van der Waals surface area contributed by atoms with Crippen LogP contribution in [0.4, 0.5) is 5.82 Å². The van der Waals surface area contributed by atoms with Crippen LogP contribution in [0.1, 0.15) is 12.8 Å². The largest absolute Gasteiger partial charge is 0.383 e. The number of anilines is 1. The number of nitrogens with one attached hydrogen (secondary N) is 1. The smallest absolute Gasteiger partial charge is 0.124 e. The molecule has 0 aromatic carbocycles. The van der Waals surface area contributed by atoms with E-state index in [1.807, 2.05) is 17.8 Å². The summed E-state index contributed by atoms with van der Waals surface area (Å²) in [6, 6.07) is 2.43. The van der Waals surface area contributed by atoms with Gasteiger partial charge in [-0.05, 0) is 18.8 Å². The van der Waals surface area contributed by atoms with Crippen LogP contribution in [0, 0.1) is 5.92 Å². The van der Waals surface area contributed by atoms with E-state index in [1.54, 1.807) is 13.3 Å². The number of ether oxygens (including phenoxy) is 1. The molecule has 0 amide bonds. The number of nitrogens with zero attached hydrogens (tertiary/aromatic N) is 2. The van der Waals surface area contributed by atoms with Gasteiger partial charge in [0.25, 0.3) is 0 Å². The van der Waals surface area contributed by atoms with E-state index in [-0.39, 0.29) is 0 Å². The monoisotopic (exact) mass is 195 g/mol. The SMILES string of the molecule is COCC(Nc1ccnn1C)C1CC1. The van der Waals surface area contributed by atoms with Gasteiger partial charge in [0.1, 0.15) is 5.82 Å². The standard InChI is InChI=1S/C10H17N3O/c1-13-10(5-6-11-13)12-9(7-14-2)8-3-4-8/h5-6,8-9,12H,3-4,7H2,1-2H3. The average Bonchev–Trinajstić information content (AvgIpc) is 2.93. The molecule has 1 aromatic rings. The molecule has 2 rings (SSSR count). The molecule has 1 saturated carbocycles. The number of aryl methyl sites for hydroxylation is 1. The van der Waals surface area contributed by atoms with Crippen molar-refractivity contribution in [2.75, 3.05) is 19.0 Å². The average molecular weight is 195 g/mol. The van der Waals surface area contributed by atoms with Crippen molar-refractivity contribution in [3.63, 3.8) is 0 Å². The van der Waals surface area contributed by atoms with Gasteiger partial charge in [0, 0.05) is 20.2 Å². The maximum absolute atomic E-state index is 5.20. The van der Waals surface area contributed by atoms with Gasteiger partial charge < -0.3 is 10.1 Å². The molecule has 1 unspecified atom stereocenters.